The van der Waals surface area contributed by atoms with Gasteiger partial charge in [0, 0.05) is 6.54 Å². The van der Waals surface area contributed by atoms with Crippen LogP contribution in [0.25, 0.3) is 0 Å². The Bertz CT molecular complexity index is 468. The predicted molar refractivity (Wildman–Crippen MR) is 74.6 cm³/mol. The normalized spacial score (nSPS) is 20.8. The quantitative estimate of drug-likeness (QED) is 0.772. The average molecular weight is 281 g/mol. The van der Waals surface area contributed by atoms with Crippen LogP contribution in [0.3, 0.4) is 0 Å². The van der Waals surface area contributed by atoms with Crippen molar-refractivity contribution < 1.29 is 19.4 Å². The molecule has 2 rings (SSSR count). The van der Waals surface area contributed by atoms with Crippen molar-refractivity contribution in [2.24, 2.45) is 5.41 Å². The zero-order valence-electron chi connectivity index (χ0n) is 12.1. The van der Waals surface area contributed by atoms with Crippen LogP contribution >= 0.6 is 0 Å². The van der Waals surface area contributed by atoms with Crippen molar-refractivity contribution in [2.75, 3.05) is 6.54 Å². The predicted octanol–water partition coefficient (Wildman–Crippen LogP) is 2.40. The lowest BCUT2D eigenvalue weighted by Gasteiger charge is -2.40. The molecule has 0 radical (unpaired) electrons. The number of carboxylic acid groups (broad SMARTS) is 1. The summed E-state index contributed by atoms with van der Waals surface area (Å²) in [4.78, 5) is 10.9. The Balaban J connectivity index is 1.84. The van der Waals surface area contributed by atoms with E-state index in [4.69, 9.17) is 9.52 Å². The third kappa shape index (κ3) is 3.61. The summed E-state index contributed by atoms with van der Waals surface area (Å²) in [6.45, 7) is 5.23. The van der Waals surface area contributed by atoms with Gasteiger partial charge < -0.3 is 19.9 Å². The van der Waals surface area contributed by atoms with Crippen molar-refractivity contribution in [1.29, 1.82) is 0 Å². The number of carboxylic acids is 1. The maximum absolute atomic E-state index is 10.9. The van der Waals surface area contributed by atoms with Gasteiger partial charge in [-0.2, -0.15) is 0 Å². The van der Waals surface area contributed by atoms with Crippen LogP contribution in [0.15, 0.2) is 16.7 Å². The van der Waals surface area contributed by atoms with Crippen LogP contribution < -0.4 is 5.32 Å². The molecular formula is C15H23NO4. The molecule has 1 aliphatic carbocycles. The first-order valence-corrected chi connectivity index (χ1v) is 7.04. The summed E-state index contributed by atoms with van der Waals surface area (Å²) in [5.41, 5.74) is -0.204. The number of hydrogen-bond acceptors (Lipinski definition) is 4. The number of nitrogens with one attached hydrogen (secondary N) is 1. The Morgan fingerprint density at radius 1 is 1.35 bits per heavy atom. The lowest BCUT2D eigenvalue weighted by Crippen LogP contribution is -2.44. The molecule has 5 heteroatoms. The van der Waals surface area contributed by atoms with E-state index >= 15 is 0 Å². The van der Waals surface area contributed by atoms with Crippen LogP contribution in [-0.2, 0) is 6.54 Å². The van der Waals surface area contributed by atoms with Gasteiger partial charge >= 0.3 is 5.97 Å². The zero-order chi connectivity index (χ0) is 14.8. The fourth-order valence-corrected chi connectivity index (χ4v) is 2.65. The second-order valence-electron chi connectivity index (χ2n) is 6.55. The van der Waals surface area contributed by atoms with Gasteiger partial charge in [0.15, 0.2) is 0 Å². The molecule has 1 heterocycles. The van der Waals surface area contributed by atoms with Crippen molar-refractivity contribution in [3.8, 4) is 0 Å². The Hall–Kier alpha value is -1.33. The summed E-state index contributed by atoms with van der Waals surface area (Å²) in [6.07, 6.45) is 4.94. The minimum Gasteiger partial charge on any atom is -0.478 e. The third-order valence-electron chi connectivity index (χ3n) is 4.25. The van der Waals surface area contributed by atoms with Crippen molar-refractivity contribution in [3.63, 3.8) is 0 Å². The van der Waals surface area contributed by atoms with Gasteiger partial charge in [-0.3, -0.25) is 0 Å². The summed E-state index contributed by atoms with van der Waals surface area (Å²) in [7, 11) is 0. The Morgan fingerprint density at radius 2 is 2.00 bits per heavy atom. The van der Waals surface area contributed by atoms with Gasteiger partial charge in [0.2, 0.25) is 0 Å². The van der Waals surface area contributed by atoms with E-state index in [0.717, 1.165) is 25.7 Å². The molecule has 0 spiro atoms. The number of aromatic carboxylic acids is 1. The second-order valence-corrected chi connectivity index (χ2v) is 6.55. The third-order valence-corrected chi connectivity index (χ3v) is 4.25. The standard InChI is InChI=1S/C15H23NO4/c1-14(2)4-6-15(19,7-5-14)10-16-9-12-11(13(17)18)3-8-20-12/h3,8,16,19H,4-7,9-10H2,1-2H3,(H,17,18). The van der Waals surface area contributed by atoms with Crippen LogP contribution in [0.2, 0.25) is 0 Å². The molecule has 5 nitrogen and oxygen atoms in total. The molecule has 0 atom stereocenters. The van der Waals surface area contributed by atoms with Gasteiger partial charge in [0.25, 0.3) is 0 Å². The smallest absolute Gasteiger partial charge is 0.339 e. The summed E-state index contributed by atoms with van der Waals surface area (Å²) in [6, 6.07) is 1.44. The zero-order valence-corrected chi connectivity index (χ0v) is 12.1. The molecule has 0 aliphatic heterocycles. The van der Waals surface area contributed by atoms with Gasteiger partial charge in [-0.1, -0.05) is 13.8 Å². The summed E-state index contributed by atoms with van der Waals surface area (Å²) in [5, 5.41) is 22.6. The fourth-order valence-electron chi connectivity index (χ4n) is 2.65. The van der Waals surface area contributed by atoms with Crippen LogP contribution in [0, 0.1) is 5.41 Å². The lowest BCUT2D eigenvalue weighted by molar-refractivity contribution is -0.0247. The van der Waals surface area contributed by atoms with E-state index in [1.807, 2.05) is 0 Å². The SMILES string of the molecule is CC1(C)CCC(O)(CNCc2occc2C(=O)O)CC1. The fraction of sp³-hybridized carbons (Fsp3) is 0.667. The molecule has 1 saturated carbocycles. The number of furan rings is 1. The second kappa shape index (κ2) is 5.58. The molecule has 0 saturated heterocycles. The first-order valence-electron chi connectivity index (χ1n) is 7.04. The van der Waals surface area contributed by atoms with Gasteiger partial charge in [-0.25, -0.2) is 4.79 Å². The van der Waals surface area contributed by atoms with E-state index < -0.39 is 11.6 Å². The Kier molecular flexibility index (Phi) is 4.20. The number of rotatable bonds is 5. The van der Waals surface area contributed by atoms with E-state index in [0.29, 0.717) is 24.3 Å². The summed E-state index contributed by atoms with van der Waals surface area (Å²) < 4.78 is 5.16. The van der Waals surface area contributed by atoms with E-state index in [1.165, 1.54) is 12.3 Å². The molecule has 0 aromatic carbocycles. The molecular weight excluding hydrogens is 258 g/mol. The molecule has 1 aromatic heterocycles. The highest BCUT2D eigenvalue weighted by Crippen LogP contribution is 2.39. The Labute approximate surface area is 119 Å². The summed E-state index contributed by atoms with van der Waals surface area (Å²) >= 11 is 0. The Morgan fingerprint density at radius 3 is 2.60 bits per heavy atom. The molecule has 112 valence electrons. The highest BCUT2D eigenvalue weighted by Gasteiger charge is 2.36. The van der Waals surface area contributed by atoms with Gasteiger partial charge in [-0.05, 0) is 37.2 Å². The van der Waals surface area contributed by atoms with E-state index in [2.05, 4.69) is 19.2 Å². The number of hydrogen-bond donors (Lipinski definition) is 3. The van der Waals surface area contributed by atoms with Crippen molar-refractivity contribution in [3.05, 3.63) is 23.7 Å². The highest BCUT2D eigenvalue weighted by atomic mass is 16.4. The maximum atomic E-state index is 10.9. The molecule has 1 fully saturated rings. The van der Waals surface area contributed by atoms with Gasteiger partial charge in [0.05, 0.1) is 18.4 Å². The van der Waals surface area contributed by atoms with Gasteiger partial charge in [-0.15, -0.1) is 0 Å². The van der Waals surface area contributed by atoms with E-state index in [-0.39, 0.29) is 5.56 Å². The van der Waals surface area contributed by atoms with Crippen molar-refractivity contribution >= 4 is 5.97 Å². The van der Waals surface area contributed by atoms with E-state index in [1.54, 1.807) is 0 Å². The van der Waals surface area contributed by atoms with Gasteiger partial charge in [0.1, 0.15) is 11.3 Å². The first-order chi connectivity index (χ1) is 9.31. The van der Waals surface area contributed by atoms with Crippen molar-refractivity contribution in [1.82, 2.24) is 5.32 Å². The summed E-state index contributed by atoms with van der Waals surface area (Å²) in [5.74, 6) is -0.592. The first kappa shape index (κ1) is 15.1. The van der Waals surface area contributed by atoms with Crippen LogP contribution in [0.5, 0.6) is 0 Å². The van der Waals surface area contributed by atoms with Crippen molar-refractivity contribution in [2.45, 2.75) is 51.7 Å². The van der Waals surface area contributed by atoms with Crippen LogP contribution in [0.1, 0.15) is 55.6 Å². The number of aliphatic hydroxyl groups is 1. The largest absolute Gasteiger partial charge is 0.478 e. The maximum Gasteiger partial charge on any atom is 0.339 e. The highest BCUT2D eigenvalue weighted by molar-refractivity contribution is 5.88. The molecule has 0 bridgehead atoms. The minimum atomic E-state index is -0.992. The lowest BCUT2D eigenvalue weighted by atomic mass is 9.71. The minimum absolute atomic E-state index is 0.175. The molecule has 3 N–H and O–H groups in total. The van der Waals surface area contributed by atoms with Crippen LogP contribution in [0.4, 0.5) is 0 Å². The molecule has 0 unspecified atom stereocenters. The average Bonchev–Trinajstić information content (AvgIpc) is 2.82. The van der Waals surface area contributed by atoms with E-state index in [9.17, 15) is 9.90 Å². The number of carbonyl (C=O) groups is 1. The monoisotopic (exact) mass is 281 g/mol. The molecule has 20 heavy (non-hydrogen) atoms. The molecule has 0 amide bonds. The topological polar surface area (TPSA) is 82.7 Å². The van der Waals surface area contributed by atoms with Crippen LogP contribution in [-0.4, -0.2) is 28.3 Å². The molecule has 1 aliphatic rings. The molecule has 1 aromatic rings.